The van der Waals surface area contributed by atoms with Gasteiger partial charge in [-0.25, -0.2) is 4.98 Å². The molecular weight excluding hydrogens is 460 g/mol. The Balaban J connectivity index is 1.45. The molecule has 8 heteroatoms. The van der Waals surface area contributed by atoms with E-state index < -0.39 is 0 Å². The van der Waals surface area contributed by atoms with Crippen molar-refractivity contribution in [3.05, 3.63) is 68.7 Å². The SMILES string of the molecule is Cc1c(NC(=O)CCn2cnc3ccc(Br)cc3c2=O)cccc1C(=O)N1CCCC1. The molecule has 2 aromatic carbocycles. The van der Waals surface area contributed by atoms with E-state index in [0.717, 1.165) is 36.0 Å². The van der Waals surface area contributed by atoms with Crippen LogP contribution in [-0.2, 0) is 11.3 Å². The molecule has 0 atom stereocenters. The van der Waals surface area contributed by atoms with E-state index in [9.17, 15) is 14.4 Å². The summed E-state index contributed by atoms with van der Waals surface area (Å²) in [6, 6.07) is 10.7. The van der Waals surface area contributed by atoms with Crippen molar-refractivity contribution in [1.82, 2.24) is 14.5 Å². The molecule has 2 amide bonds. The summed E-state index contributed by atoms with van der Waals surface area (Å²) in [4.78, 5) is 44.1. The number of carbonyl (C=O) groups excluding carboxylic acids is 2. The average molecular weight is 483 g/mol. The van der Waals surface area contributed by atoms with Crippen LogP contribution >= 0.6 is 15.9 Å². The third kappa shape index (κ3) is 4.54. The number of nitrogens with zero attached hydrogens (tertiary/aromatic N) is 3. The second-order valence-corrected chi connectivity index (χ2v) is 8.60. The molecule has 0 saturated carbocycles. The van der Waals surface area contributed by atoms with Crippen LogP contribution in [0.25, 0.3) is 10.9 Å². The van der Waals surface area contributed by atoms with Gasteiger partial charge in [0, 0.05) is 41.8 Å². The smallest absolute Gasteiger partial charge is 0.261 e. The number of aryl methyl sites for hydroxylation is 1. The lowest BCUT2D eigenvalue weighted by Gasteiger charge is -2.18. The molecule has 31 heavy (non-hydrogen) atoms. The summed E-state index contributed by atoms with van der Waals surface area (Å²) in [7, 11) is 0. The average Bonchev–Trinajstić information content (AvgIpc) is 3.30. The van der Waals surface area contributed by atoms with Crippen molar-refractivity contribution in [1.29, 1.82) is 0 Å². The maximum absolute atomic E-state index is 12.7. The van der Waals surface area contributed by atoms with Crippen molar-refractivity contribution in [3.8, 4) is 0 Å². The molecule has 1 aliphatic heterocycles. The van der Waals surface area contributed by atoms with E-state index in [1.165, 1.54) is 10.9 Å². The van der Waals surface area contributed by atoms with Crippen LogP contribution in [0.1, 0.15) is 35.2 Å². The lowest BCUT2D eigenvalue weighted by molar-refractivity contribution is -0.116. The number of carbonyl (C=O) groups is 2. The largest absolute Gasteiger partial charge is 0.339 e. The molecule has 160 valence electrons. The molecule has 1 N–H and O–H groups in total. The quantitative estimate of drug-likeness (QED) is 0.600. The van der Waals surface area contributed by atoms with E-state index >= 15 is 0 Å². The van der Waals surface area contributed by atoms with Crippen LogP contribution in [0.3, 0.4) is 0 Å². The van der Waals surface area contributed by atoms with Crippen molar-refractivity contribution in [3.63, 3.8) is 0 Å². The summed E-state index contributed by atoms with van der Waals surface area (Å²) in [5.74, 6) is -0.221. The molecule has 1 aliphatic rings. The number of fused-ring (bicyclic) bond motifs is 1. The van der Waals surface area contributed by atoms with Gasteiger partial charge in [-0.1, -0.05) is 22.0 Å². The number of amides is 2. The molecule has 7 nitrogen and oxygen atoms in total. The molecule has 0 aliphatic carbocycles. The van der Waals surface area contributed by atoms with Crippen LogP contribution < -0.4 is 10.9 Å². The molecule has 0 unspecified atom stereocenters. The second kappa shape index (κ2) is 9.01. The van der Waals surface area contributed by atoms with Crippen LogP contribution in [0.5, 0.6) is 0 Å². The van der Waals surface area contributed by atoms with Gasteiger partial charge in [-0.2, -0.15) is 0 Å². The highest BCUT2D eigenvalue weighted by molar-refractivity contribution is 9.10. The van der Waals surface area contributed by atoms with E-state index in [0.29, 0.717) is 22.2 Å². The number of hydrogen-bond donors (Lipinski definition) is 1. The van der Waals surface area contributed by atoms with Crippen LogP contribution in [0, 0.1) is 6.92 Å². The van der Waals surface area contributed by atoms with Crippen LogP contribution in [0.15, 0.2) is 52.0 Å². The van der Waals surface area contributed by atoms with Crippen LogP contribution in [-0.4, -0.2) is 39.4 Å². The van der Waals surface area contributed by atoms with Gasteiger partial charge in [0.1, 0.15) is 0 Å². The van der Waals surface area contributed by atoms with Crippen molar-refractivity contribution in [2.45, 2.75) is 32.7 Å². The van der Waals surface area contributed by atoms with Gasteiger partial charge < -0.3 is 10.2 Å². The van der Waals surface area contributed by atoms with Gasteiger partial charge in [0.05, 0.1) is 17.2 Å². The Morgan fingerprint density at radius 2 is 1.94 bits per heavy atom. The summed E-state index contributed by atoms with van der Waals surface area (Å²) in [6.07, 6.45) is 3.64. The number of benzene rings is 2. The van der Waals surface area contributed by atoms with Gasteiger partial charge in [-0.3, -0.25) is 19.0 Å². The molecule has 1 fully saturated rings. The van der Waals surface area contributed by atoms with Crippen molar-refractivity contribution in [2.75, 3.05) is 18.4 Å². The fourth-order valence-electron chi connectivity index (χ4n) is 3.82. The van der Waals surface area contributed by atoms with Gasteiger partial charge in [0.2, 0.25) is 5.91 Å². The summed E-state index contributed by atoms with van der Waals surface area (Å²) >= 11 is 3.37. The number of aromatic nitrogens is 2. The Hall–Kier alpha value is -3.00. The van der Waals surface area contributed by atoms with Gasteiger partial charge >= 0.3 is 0 Å². The van der Waals surface area contributed by atoms with Crippen LogP contribution in [0.4, 0.5) is 5.69 Å². The fraction of sp³-hybridized carbons (Fsp3) is 0.304. The van der Waals surface area contributed by atoms with E-state index in [2.05, 4.69) is 26.2 Å². The zero-order valence-electron chi connectivity index (χ0n) is 17.2. The lowest BCUT2D eigenvalue weighted by Crippen LogP contribution is -2.28. The lowest BCUT2D eigenvalue weighted by atomic mass is 10.1. The minimum absolute atomic E-state index is 0.00560. The monoisotopic (exact) mass is 482 g/mol. The van der Waals surface area contributed by atoms with Crippen molar-refractivity contribution >= 4 is 44.3 Å². The molecule has 2 heterocycles. The summed E-state index contributed by atoms with van der Waals surface area (Å²) in [6.45, 7) is 3.61. The Morgan fingerprint density at radius 1 is 1.16 bits per heavy atom. The highest BCUT2D eigenvalue weighted by Gasteiger charge is 2.22. The minimum atomic E-state index is -0.227. The number of rotatable bonds is 5. The van der Waals surface area contributed by atoms with E-state index in [-0.39, 0.29) is 30.3 Å². The molecule has 3 aromatic rings. The molecule has 0 spiro atoms. The highest BCUT2D eigenvalue weighted by atomic mass is 79.9. The first-order valence-electron chi connectivity index (χ1n) is 10.3. The molecule has 4 rings (SSSR count). The fourth-order valence-corrected chi connectivity index (χ4v) is 4.18. The van der Waals surface area contributed by atoms with Crippen molar-refractivity contribution in [2.24, 2.45) is 0 Å². The topological polar surface area (TPSA) is 84.3 Å². The van der Waals surface area contributed by atoms with Crippen LogP contribution in [0.2, 0.25) is 0 Å². The van der Waals surface area contributed by atoms with Gasteiger partial charge in [0.15, 0.2) is 0 Å². The van der Waals surface area contributed by atoms with Gasteiger partial charge in [-0.15, -0.1) is 0 Å². The Labute approximate surface area is 188 Å². The maximum atomic E-state index is 12.7. The summed E-state index contributed by atoms with van der Waals surface area (Å²) in [5, 5.41) is 3.38. The number of likely N-dealkylation sites (tertiary alicyclic amines) is 1. The number of halogens is 1. The Kier molecular flexibility index (Phi) is 6.18. The highest BCUT2D eigenvalue weighted by Crippen LogP contribution is 2.22. The first-order chi connectivity index (χ1) is 14.9. The summed E-state index contributed by atoms with van der Waals surface area (Å²) < 4.78 is 2.24. The number of nitrogens with one attached hydrogen (secondary N) is 1. The predicted molar refractivity (Wildman–Crippen MR) is 123 cm³/mol. The zero-order valence-corrected chi connectivity index (χ0v) is 18.8. The Morgan fingerprint density at radius 3 is 2.71 bits per heavy atom. The van der Waals surface area contributed by atoms with Gasteiger partial charge in [-0.05, 0) is 55.7 Å². The molecule has 0 radical (unpaired) electrons. The van der Waals surface area contributed by atoms with Crippen molar-refractivity contribution < 1.29 is 9.59 Å². The Bertz CT molecular complexity index is 1220. The standard InChI is InChI=1S/C23H23BrN4O3/c1-15-17(22(30)27-10-2-3-11-27)5-4-6-19(15)26-21(29)9-12-28-14-25-20-8-7-16(24)13-18(20)23(28)31/h4-8,13-14H,2-3,9-12H2,1H3,(H,26,29). The third-order valence-electron chi connectivity index (χ3n) is 5.60. The van der Waals surface area contributed by atoms with E-state index in [1.54, 1.807) is 30.3 Å². The third-order valence-corrected chi connectivity index (χ3v) is 6.09. The first-order valence-corrected chi connectivity index (χ1v) is 11.1. The zero-order chi connectivity index (χ0) is 22.0. The molecular formula is C23H23BrN4O3. The summed E-state index contributed by atoms with van der Waals surface area (Å²) in [5.41, 5.74) is 2.41. The maximum Gasteiger partial charge on any atom is 0.261 e. The second-order valence-electron chi connectivity index (χ2n) is 7.68. The number of anilines is 1. The van der Waals surface area contributed by atoms with E-state index in [1.807, 2.05) is 17.9 Å². The molecule has 1 saturated heterocycles. The minimum Gasteiger partial charge on any atom is -0.339 e. The predicted octanol–water partition coefficient (Wildman–Crippen LogP) is 3.73. The molecule has 0 bridgehead atoms. The normalized spacial score (nSPS) is 13.5. The number of hydrogen-bond acceptors (Lipinski definition) is 4. The van der Waals surface area contributed by atoms with E-state index in [4.69, 9.17) is 0 Å². The first kappa shape index (κ1) is 21.2. The molecule has 1 aromatic heterocycles. The van der Waals surface area contributed by atoms with Gasteiger partial charge in [0.25, 0.3) is 11.5 Å².